The average Bonchev–Trinajstić information content (AvgIpc) is 2.86. The standard InChI is InChI=1S/C30H36ClN3O4S/c1-21-11-13-24(14-12-21)19-33(23(3)29(36)32-30(4,5)6)28(35)20-34(27-10-8-7-9-22(27)2)39(37,38)26-17-15-25(31)16-18-26/h7-18,23H,19-20H2,1-6H3,(H,32,36)/t23-/m0/s1. The van der Waals surface area contributed by atoms with Crippen LogP contribution in [-0.2, 0) is 26.2 Å². The van der Waals surface area contributed by atoms with Gasteiger partial charge in [-0.1, -0.05) is 59.6 Å². The number of nitrogens with zero attached hydrogens (tertiary/aromatic N) is 2. The number of benzene rings is 3. The van der Waals surface area contributed by atoms with Crippen molar-refractivity contribution in [1.29, 1.82) is 0 Å². The summed E-state index contributed by atoms with van der Waals surface area (Å²) in [7, 11) is -4.15. The van der Waals surface area contributed by atoms with E-state index in [-0.39, 0.29) is 17.3 Å². The normalized spacial score (nSPS) is 12.5. The Hall–Kier alpha value is -3.36. The number of hydrogen-bond acceptors (Lipinski definition) is 4. The van der Waals surface area contributed by atoms with Crippen molar-refractivity contribution in [2.45, 2.75) is 64.6 Å². The molecule has 0 spiro atoms. The molecule has 0 heterocycles. The second kappa shape index (κ2) is 12.2. The van der Waals surface area contributed by atoms with Crippen molar-refractivity contribution in [2.75, 3.05) is 10.8 Å². The van der Waals surface area contributed by atoms with E-state index in [0.29, 0.717) is 16.3 Å². The van der Waals surface area contributed by atoms with Gasteiger partial charge in [0, 0.05) is 17.1 Å². The highest BCUT2D eigenvalue weighted by atomic mass is 35.5. The van der Waals surface area contributed by atoms with Crippen LogP contribution in [0.2, 0.25) is 5.02 Å². The Labute approximate surface area is 236 Å². The highest BCUT2D eigenvalue weighted by Crippen LogP contribution is 2.28. The van der Waals surface area contributed by atoms with Crippen molar-refractivity contribution in [1.82, 2.24) is 10.2 Å². The Bertz CT molecular complexity index is 1420. The van der Waals surface area contributed by atoms with Crippen LogP contribution in [0.1, 0.15) is 44.4 Å². The number of anilines is 1. The van der Waals surface area contributed by atoms with Crippen molar-refractivity contribution in [3.8, 4) is 0 Å². The van der Waals surface area contributed by atoms with Gasteiger partial charge in [0.2, 0.25) is 11.8 Å². The molecule has 0 unspecified atom stereocenters. The summed E-state index contributed by atoms with van der Waals surface area (Å²) in [5.74, 6) is -0.834. The van der Waals surface area contributed by atoms with E-state index in [1.54, 1.807) is 38.1 Å². The number of halogens is 1. The molecule has 0 aromatic heterocycles. The molecule has 1 N–H and O–H groups in total. The topological polar surface area (TPSA) is 86.8 Å². The molecular formula is C30H36ClN3O4S. The SMILES string of the molecule is Cc1ccc(CN(C(=O)CN(c2ccccc2C)S(=O)(=O)c2ccc(Cl)cc2)[C@@H](C)C(=O)NC(C)(C)C)cc1. The van der Waals surface area contributed by atoms with Crippen molar-refractivity contribution in [3.63, 3.8) is 0 Å². The third-order valence-corrected chi connectivity index (χ3v) is 8.23. The predicted molar refractivity (Wildman–Crippen MR) is 156 cm³/mol. The molecule has 0 saturated carbocycles. The van der Waals surface area contributed by atoms with E-state index in [1.165, 1.54) is 29.2 Å². The molecule has 1 atom stereocenters. The number of aryl methyl sites for hydroxylation is 2. The summed E-state index contributed by atoms with van der Waals surface area (Å²) in [4.78, 5) is 28.6. The Morgan fingerprint density at radius 2 is 1.51 bits per heavy atom. The van der Waals surface area contributed by atoms with Crippen molar-refractivity contribution in [2.24, 2.45) is 0 Å². The maximum absolute atomic E-state index is 14.0. The van der Waals surface area contributed by atoms with E-state index >= 15 is 0 Å². The number of para-hydroxylation sites is 1. The lowest BCUT2D eigenvalue weighted by atomic mass is 10.1. The molecule has 0 fully saturated rings. The monoisotopic (exact) mass is 569 g/mol. The first-order valence-electron chi connectivity index (χ1n) is 12.7. The Morgan fingerprint density at radius 3 is 2.08 bits per heavy atom. The van der Waals surface area contributed by atoms with Gasteiger partial charge in [0.05, 0.1) is 10.6 Å². The van der Waals surface area contributed by atoms with Gasteiger partial charge in [-0.3, -0.25) is 13.9 Å². The van der Waals surface area contributed by atoms with Gasteiger partial charge in [-0.25, -0.2) is 8.42 Å². The molecular weight excluding hydrogens is 534 g/mol. The molecule has 3 rings (SSSR count). The minimum atomic E-state index is -4.15. The van der Waals surface area contributed by atoms with Crippen LogP contribution in [0.5, 0.6) is 0 Å². The minimum absolute atomic E-state index is 0.00608. The third-order valence-electron chi connectivity index (χ3n) is 6.20. The van der Waals surface area contributed by atoms with Gasteiger partial charge in [-0.05, 0) is 83.0 Å². The molecule has 7 nitrogen and oxygen atoms in total. The van der Waals surface area contributed by atoms with E-state index in [0.717, 1.165) is 15.4 Å². The second-order valence-corrected chi connectivity index (χ2v) is 13.0. The molecule has 3 aromatic rings. The Balaban J connectivity index is 2.04. The Morgan fingerprint density at radius 1 is 0.923 bits per heavy atom. The first kappa shape index (κ1) is 30.2. The molecule has 2 amide bonds. The molecule has 0 aliphatic carbocycles. The number of carbonyl (C=O) groups excluding carboxylic acids is 2. The summed E-state index contributed by atoms with van der Waals surface area (Å²) in [5.41, 5.74) is 2.45. The molecule has 0 radical (unpaired) electrons. The van der Waals surface area contributed by atoms with Gasteiger partial charge in [-0.15, -0.1) is 0 Å². The molecule has 0 bridgehead atoms. The maximum Gasteiger partial charge on any atom is 0.264 e. The third kappa shape index (κ3) is 7.83. The summed E-state index contributed by atoms with van der Waals surface area (Å²) in [6.45, 7) is 10.6. The van der Waals surface area contributed by atoms with Gasteiger partial charge in [0.15, 0.2) is 0 Å². The fraction of sp³-hybridized carbons (Fsp3) is 0.333. The molecule has 0 saturated heterocycles. The van der Waals surface area contributed by atoms with E-state index in [4.69, 9.17) is 11.6 Å². The van der Waals surface area contributed by atoms with Gasteiger partial charge >= 0.3 is 0 Å². The zero-order valence-corrected chi connectivity index (χ0v) is 24.8. The number of nitrogens with one attached hydrogen (secondary N) is 1. The van der Waals surface area contributed by atoms with Gasteiger partial charge in [0.25, 0.3) is 10.0 Å². The van der Waals surface area contributed by atoms with Gasteiger partial charge in [0.1, 0.15) is 12.6 Å². The highest BCUT2D eigenvalue weighted by molar-refractivity contribution is 7.92. The van der Waals surface area contributed by atoms with Crippen LogP contribution in [0.25, 0.3) is 0 Å². The van der Waals surface area contributed by atoms with Crippen LogP contribution in [0.4, 0.5) is 5.69 Å². The fourth-order valence-corrected chi connectivity index (χ4v) is 5.64. The van der Waals surface area contributed by atoms with Crippen LogP contribution in [0.15, 0.2) is 77.7 Å². The Kier molecular flexibility index (Phi) is 9.46. The molecule has 0 aliphatic heterocycles. The lowest BCUT2D eigenvalue weighted by Gasteiger charge is -2.33. The van der Waals surface area contributed by atoms with E-state index in [1.807, 2.05) is 52.0 Å². The van der Waals surface area contributed by atoms with Crippen LogP contribution in [0.3, 0.4) is 0 Å². The quantitative estimate of drug-likeness (QED) is 0.369. The van der Waals surface area contributed by atoms with Gasteiger partial charge < -0.3 is 10.2 Å². The fourth-order valence-electron chi connectivity index (χ4n) is 4.04. The first-order valence-corrected chi connectivity index (χ1v) is 14.5. The predicted octanol–water partition coefficient (Wildman–Crippen LogP) is 5.48. The van der Waals surface area contributed by atoms with Crippen molar-refractivity contribution >= 4 is 39.1 Å². The number of carbonyl (C=O) groups is 2. The molecule has 3 aromatic carbocycles. The summed E-state index contributed by atoms with van der Waals surface area (Å²) >= 11 is 6.00. The lowest BCUT2D eigenvalue weighted by Crippen LogP contribution is -2.54. The summed E-state index contributed by atoms with van der Waals surface area (Å²) < 4.78 is 28.9. The molecule has 9 heteroatoms. The van der Waals surface area contributed by atoms with Crippen LogP contribution < -0.4 is 9.62 Å². The molecule has 39 heavy (non-hydrogen) atoms. The van der Waals surface area contributed by atoms with Crippen LogP contribution in [0, 0.1) is 13.8 Å². The van der Waals surface area contributed by atoms with E-state index in [2.05, 4.69) is 5.32 Å². The molecule has 0 aliphatic rings. The zero-order valence-electron chi connectivity index (χ0n) is 23.2. The largest absolute Gasteiger partial charge is 0.350 e. The number of sulfonamides is 1. The minimum Gasteiger partial charge on any atom is -0.350 e. The maximum atomic E-state index is 14.0. The average molecular weight is 570 g/mol. The molecule has 208 valence electrons. The van der Waals surface area contributed by atoms with Crippen molar-refractivity contribution < 1.29 is 18.0 Å². The van der Waals surface area contributed by atoms with Crippen molar-refractivity contribution in [3.05, 3.63) is 94.5 Å². The van der Waals surface area contributed by atoms with E-state index < -0.39 is 34.1 Å². The summed E-state index contributed by atoms with van der Waals surface area (Å²) in [5, 5.41) is 3.33. The number of rotatable bonds is 9. The van der Waals surface area contributed by atoms with Crippen LogP contribution >= 0.6 is 11.6 Å². The summed E-state index contributed by atoms with van der Waals surface area (Å²) in [6.07, 6.45) is 0. The number of amides is 2. The second-order valence-electron chi connectivity index (χ2n) is 10.7. The first-order chi connectivity index (χ1) is 18.2. The number of hydrogen-bond donors (Lipinski definition) is 1. The highest BCUT2D eigenvalue weighted by Gasteiger charge is 2.33. The van der Waals surface area contributed by atoms with Crippen LogP contribution in [-0.4, -0.2) is 43.3 Å². The van der Waals surface area contributed by atoms with E-state index in [9.17, 15) is 18.0 Å². The smallest absolute Gasteiger partial charge is 0.264 e. The summed E-state index contributed by atoms with van der Waals surface area (Å²) in [6, 6.07) is 19.6. The van der Waals surface area contributed by atoms with Gasteiger partial charge in [-0.2, -0.15) is 0 Å². The zero-order chi connectivity index (χ0) is 29.0. The lowest BCUT2D eigenvalue weighted by molar-refractivity contribution is -0.140.